The number of rotatable bonds is 5. The van der Waals surface area contributed by atoms with Gasteiger partial charge in [0, 0.05) is 28.1 Å². The lowest BCUT2D eigenvalue weighted by Crippen LogP contribution is -2.42. The van der Waals surface area contributed by atoms with Gasteiger partial charge < -0.3 is 10.6 Å². The Morgan fingerprint density at radius 1 is 1.32 bits per heavy atom. The van der Waals surface area contributed by atoms with E-state index in [0.29, 0.717) is 12.5 Å². The van der Waals surface area contributed by atoms with E-state index in [4.69, 9.17) is 11.6 Å². The van der Waals surface area contributed by atoms with Gasteiger partial charge >= 0.3 is 0 Å². The SMILES string of the molecule is O=C(CCSc1ccc(Cl)cc1)NC1CCNCC1. The van der Waals surface area contributed by atoms with E-state index in [1.807, 2.05) is 24.3 Å². The van der Waals surface area contributed by atoms with Crippen molar-refractivity contribution in [2.45, 2.75) is 30.2 Å². The molecular formula is C14H19ClN2OS. The fourth-order valence-corrected chi connectivity index (χ4v) is 3.04. The fourth-order valence-electron chi connectivity index (χ4n) is 2.06. The predicted molar refractivity (Wildman–Crippen MR) is 80.8 cm³/mol. The normalized spacial score (nSPS) is 16.3. The number of hydrogen-bond acceptors (Lipinski definition) is 3. The van der Waals surface area contributed by atoms with E-state index in [2.05, 4.69) is 10.6 Å². The van der Waals surface area contributed by atoms with Crippen LogP contribution in [0.3, 0.4) is 0 Å². The summed E-state index contributed by atoms with van der Waals surface area (Å²) in [6.45, 7) is 2.01. The van der Waals surface area contributed by atoms with E-state index in [1.165, 1.54) is 0 Å². The van der Waals surface area contributed by atoms with Gasteiger partial charge in [0.15, 0.2) is 0 Å². The van der Waals surface area contributed by atoms with Crippen molar-refractivity contribution in [3.8, 4) is 0 Å². The summed E-state index contributed by atoms with van der Waals surface area (Å²) in [6, 6.07) is 8.07. The monoisotopic (exact) mass is 298 g/mol. The van der Waals surface area contributed by atoms with Crippen molar-refractivity contribution in [2.24, 2.45) is 0 Å². The Morgan fingerprint density at radius 2 is 2.00 bits per heavy atom. The summed E-state index contributed by atoms with van der Waals surface area (Å²) < 4.78 is 0. The molecule has 0 aromatic heterocycles. The molecule has 1 amide bonds. The van der Waals surface area contributed by atoms with E-state index in [-0.39, 0.29) is 5.91 Å². The minimum absolute atomic E-state index is 0.161. The number of amides is 1. The van der Waals surface area contributed by atoms with E-state index in [1.54, 1.807) is 11.8 Å². The molecule has 0 atom stereocenters. The van der Waals surface area contributed by atoms with Gasteiger partial charge in [-0.2, -0.15) is 0 Å². The van der Waals surface area contributed by atoms with Gasteiger partial charge in [-0.15, -0.1) is 11.8 Å². The zero-order chi connectivity index (χ0) is 13.5. The Labute approximate surface area is 123 Å². The maximum absolute atomic E-state index is 11.8. The topological polar surface area (TPSA) is 41.1 Å². The number of halogens is 1. The van der Waals surface area contributed by atoms with Crippen LogP contribution < -0.4 is 10.6 Å². The Kier molecular flexibility index (Phi) is 6.01. The maximum atomic E-state index is 11.8. The minimum atomic E-state index is 0.161. The molecule has 3 nitrogen and oxygen atoms in total. The van der Waals surface area contributed by atoms with Crippen LogP contribution >= 0.6 is 23.4 Å². The molecule has 0 saturated carbocycles. The Bertz CT molecular complexity index is 404. The molecule has 0 bridgehead atoms. The lowest BCUT2D eigenvalue weighted by atomic mass is 10.1. The third-order valence-electron chi connectivity index (χ3n) is 3.12. The predicted octanol–water partition coefficient (Wildman–Crippen LogP) is 2.69. The molecule has 19 heavy (non-hydrogen) atoms. The first-order chi connectivity index (χ1) is 9.24. The van der Waals surface area contributed by atoms with Crippen molar-refractivity contribution in [3.63, 3.8) is 0 Å². The van der Waals surface area contributed by atoms with E-state index < -0.39 is 0 Å². The van der Waals surface area contributed by atoms with Crippen LogP contribution in [0.5, 0.6) is 0 Å². The zero-order valence-corrected chi connectivity index (χ0v) is 12.4. The average Bonchev–Trinajstić information content (AvgIpc) is 2.42. The van der Waals surface area contributed by atoms with E-state index in [0.717, 1.165) is 41.6 Å². The first-order valence-corrected chi connectivity index (χ1v) is 7.99. The van der Waals surface area contributed by atoms with Crippen LogP contribution in [-0.2, 0) is 4.79 Å². The summed E-state index contributed by atoms with van der Waals surface area (Å²) in [5, 5.41) is 7.14. The molecule has 104 valence electrons. The Balaban J connectivity index is 1.64. The molecule has 0 spiro atoms. The van der Waals surface area contributed by atoms with E-state index in [9.17, 15) is 4.79 Å². The van der Waals surface area contributed by atoms with Crippen molar-refractivity contribution in [2.75, 3.05) is 18.8 Å². The van der Waals surface area contributed by atoms with Crippen LogP contribution in [0.1, 0.15) is 19.3 Å². The van der Waals surface area contributed by atoms with Gasteiger partial charge in [0.1, 0.15) is 0 Å². The molecule has 2 N–H and O–H groups in total. The highest BCUT2D eigenvalue weighted by Crippen LogP contribution is 2.20. The molecule has 1 aromatic rings. The van der Waals surface area contributed by atoms with Crippen LogP contribution in [0, 0.1) is 0 Å². The molecule has 1 saturated heterocycles. The van der Waals surface area contributed by atoms with Crippen LogP contribution in [0.15, 0.2) is 29.2 Å². The Hall–Kier alpha value is -0.710. The minimum Gasteiger partial charge on any atom is -0.353 e. The van der Waals surface area contributed by atoms with Crippen molar-refractivity contribution in [1.29, 1.82) is 0 Å². The first kappa shape index (κ1) is 14.7. The average molecular weight is 299 g/mol. The van der Waals surface area contributed by atoms with Gasteiger partial charge in [0.2, 0.25) is 5.91 Å². The molecule has 0 unspecified atom stereocenters. The number of carbonyl (C=O) groups is 1. The summed E-state index contributed by atoms with van der Waals surface area (Å²) in [5.41, 5.74) is 0. The van der Waals surface area contributed by atoms with Gasteiger partial charge in [-0.05, 0) is 50.2 Å². The summed E-state index contributed by atoms with van der Waals surface area (Å²) in [4.78, 5) is 12.9. The number of thioether (sulfide) groups is 1. The molecule has 2 rings (SSSR count). The second kappa shape index (κ2) is 7.78. The number of piperidine rings is 1. The molecule has 1 aliphatic heterocycles. The van der Waals surface area contributed by atoms with Crippen molar-refractivity contribution >= 4 is 29.3 Å². The lowest BCUT2D eigenvalue weighted by Gasteiger charge is -2.23. The van der Waals surface area contributed by atoms with E-state index >= 15 is 0 Å². The quantitative estimate of drug-likeness (QED) is 0.821. The van der Waals surface area contributed by atoms with Gasteiger partial charge in [0.05, 0.1) is 0 Å². The van der Waals surface area contributed by atoms with Crippen LogP contribution in [0.2, 0.25) is 5.02 Å². The molecule has 1 aromatic carbocycles. The highest BCUT2D eigenvalue weighted by atomic mass is 35.5. The number of benzene rings is 1. The summed E-state index contributed by atoms with van der Waals surface area (Å²) in [7, 11) is 0. The molecular weight excluding hydrogens is 280 g/mol. The molecule has 1 fully saturated rings. The van der Waals surface area contributed by atoms with Gasteiger partial charge in [-0.25, -0.2) is 0 Å². The lowest BCUT2D eigenvalue weighted by molar-refractivity contribution is -0.121. The van der Waals surface area contributed by atoms with Crippen LogP contribution in [0.25, 0.3) is 0 Å². The first-order valence-electron chi connectivity index (χ1n) is 6.62. The summed E-state index contributed by atoms with van der Waals surface area (Å²) in [5.74, 6) is 0.965. The number of carbonyl (C=O) groups excluding carboxylic acids is 1. The number of hydrogen-bond donors (Lipinski definition) is 2. The van der Waals surface area contributed by atoms with Crippen LogP contribution in [-0.4, -0.2) is 30.8 Å². The fraction of sp³-hybridized carbons (Fsp3) is 0.500. The van der Waals surface area contributed by atoms with Crippen molar-refractivity contribution < 1.29 is 4.79 Å². The van der Waals surface area contributed by atoms with Crippen molar-refractivity contribution in [3.05, 3.63) is 29.3 Å². The summed E-state index contributed by atoms with van der Waals surface area (Å²) >= 11 is 7.51. The number of nitrogens with one attached hydrogen (secondary N) is 2. The molecule has 0 radical (unpaired) electrons. The maximum Gasteiger partial charge on any atom is 0.221 e. The molecule has 5 heteroatoms. The molecule has 0 aliphatic carbocycles. The standard InChI is InChI=1S/C14H19ClN2OS/c15-11-1-3-13(4-2-11)19-10-7-14(18)17-12-5-8-16-9-6-12/h1-4,12,16H,5-10H2,(H,17,18). The van der Waals surface area contributed by atoms with Gasteiger partial charge in [0.25, 0.3) is 0 Å². The second-order valence-corrected chi connectivity index (χ2v) is 6.25. The Morgan fingerprint density at radius 3 is 2.68 bits per heavy atom. The third kappa shape index (κ3) is 5.43. The van der Waals surface area contributed by atoms with Crippen LogP contribution in [0.4, 0.5) is 0 Å². The molecule has 1 aliphatic rings. The molecule has 1 heterocycles. The smallest absolute Gasteiger partial charge is 0.221 e. The highest BCUT2D eigenvalue weighted by Gasteiger charge is 2.14. The van der Waals surface area contributed by atoms with Gasteiger partial charge in [-0.1, -0.05) is 11.6 Å². The summed E-state index contributed by atoms with van der Waals surface area (Å²) in [6.07, 6.45) is 2.64. The van der Waals surface area contributed by atoms with Crippen molar-refractivity contribution in [1.82, 2.24) is 10.6 Å². The third-order valence-corrected chi connectivity index (χ3v) is 4.38. The largest absolute Gasteiger partial charge is 0.353 e. The second-order valence-electron chi connectivity index (χ2n) is 4.64. The van der Waals surface area contributed by atoms with Gasteiger partial charge in [-0.3, -0.25) is 4.79 Å². The highest BCUT2D eigenvalue weighted by molar-refractivity contribution is 7.99. The zero-order valence-electron chi connectivity index (χ0n) is 10.8.